The van der Waals surface area contributed by atoms with Crippen molar-refractivity contribution in [3.8, 4) is 0 Å². The zero-order valence-electron chi connectivity index (χ0n) is 12.6. The van der Waals surface area contributed by atoms with Crippen molar-refractivity contribution in [2.45, 2.75) is 26.3 Å². The van der Waals surface area contributed by atoms with Crippen LogP contribution in [0.3, 0.4) is 0 Å². The van der Waals surface area contributed by atoms with Crippen LogP contribution in [-0.4, -0.2) is 5.91 Å². The summed E-state index contributed by atoms with van der Waals surface area (Å²) < 4.78 is 13.4. The highest BCUT2D eigenvalue weighted by atomic mass is 35.5. The first-order chi connectivity index (χ1) is 11.0. The van der Waals surface area contributed by atoms with Crippen LogP contribution < -0.4 is 10.6 Å². The van der Waals surface area contributed by atoms with Gasteiger partial charge in [-0.25, -0.2) is 4.39 Å². The van der Waals surface area contributed by atoms with E-state index in [9.17, 15) is 9.18 Å². The largest absolute Gasteiger partial charge is 0.381 e. The Labute approximate surface area is 144 Å². The smallest absolute Gasteiger partial charge is 0.224 e. The summed E-state index contributed by atoms with van der Waals surface area (Å²) in [6.07, 6.45) is 1.24. The molecule has 3 nitrogen and oxygen atoms in total. The van der Waals surface area contributed by atoms with Crippen molar-refractivity contribution in [3.63, 3.8) is 0 Å². The first-order valence-electron chi connectivity index (χ1n) is 7.26. The Morgan fingerprint density at radius 2 is 1.91 bits per heavy atom. The summed E-state index contributed by atoms with van der Waals surface area (Å²) in [5, 5.41) is 6.42. The summed E-state index contributed by atoms with van der Waals surface area (Å²) in [4.78, 5) is 11.6. The van der Waals surface area contributed by atoms with Gasteiger partial charge in [0.05, 0.1) is 15.7 Å². The minimum Gasteiger partial charge on any atom is -0.381 e. The Balaban J connectivity index is 1.99. The van der Waals surface area contributed by atoms with E-state index >= 15 is 0 Å². The fourth-order valence-corrected chi connectivity index (χ4v) is 2.39. The van der Waals surface area contributed by atoms with Gasteiger partial charge in [-0.2, -0.15) is 0 Å². The molecule has 122 valence electrons. The van der Waals surface area contributed by atoms with Crippen LogP contribution in [0.4, 0.5) is 15.8 Å². The van der Waals surface area contributed by atoms with Gasteiger partial charge >= 0.3 is 0 Å². The van der Waals surface area contributed by atoms with Gasteiger partial charge in [0, 0.05) is 18.7 Å². The average Bonchev–Trinajstić information content (AvgIpc) is 2.51. The molecule has 0 aliphatic rings. The predicted molar refractivity (Wildman–Crippen MR) is 93.7 cm³/mol. The van der Waals surface area contributed by atoms with E-state index in [1.54, 1.807) is 18.2 Å². The zero-order valence-corrected chi connectivity index (χ0v) is 14.1. The van der Waals surface area contributed by atoms with Crippen LogP contribution in [0.15, 0.2) is 36.4 Å². The van der Waals surface area contributed by atoms with Gasteiger partial charge in [0.2, 0.25) is 5.91 Å². The molecule has 0 atom stereocenters. The van der Waals surface area contributed by atoms with Gasteiger partial charge in [-0.1, -0.05) is 36.2 Å². The lowest BCUT2D eigenvalue weighted by Crippen LogP contribution is -2.11. The number of carbonyl (C=O) groups excluding carboxylic acids is 1. The second-order valence-electron chi connectivity index (χ2n) is 5.09. The van der Waals surface area contributed by atoms with Crippen molar-refractivity contribution in [2.75, 3.05) is 10.6 Å². The minimum absolute atomic E-state index is 0.0584. The first-order valence-corrected chi connectivity index (χ1v) is 8.02. The Hall–Kier alpha value is -1.78. The molecular formula is C17H17Cl2FN2O. The highest BCUT2D eigenvalue weighted by molar-refractivity contribution is 6.33. The van der Waals surface area contributed by atoms with Crippen molar-refractivity contribution in [1.29, 1.82) is 0 Å². The molecule has 0 aliphatic carbocycles. The van der Waals surface area contributed by atoms with Crippen LogP contribution in [-0.2, 0) is 11.3 Å². The van der Waals surface area contributed by atoms with Gasteiger partial charge in [-0.3, -0.25) is 4.79 Å². The van der Waals surface area contributed by atoms with E-state index in [1.165, 1.54) is 12.1 Å². The van der Waals surface area contributed by atoms with Crippen LogP contribution in [0.1, 0.15) is 25.3 Å². The van der Waals surface area contributed by atoms with Crippen LogP contribution in [0.2, 0.25) is 10.0 Å². The molecule has 0 bridgehead atoms. The van der Waals surface area contributed by atoms with Crippen LogP contribution >= 0.6 is 23.2 Å². The van der Waals surface area contributed by atoms with Gasteiger partial charge in [0.1, 0.15) is 5.82 Å². The monoisotopic (exact) mass is 354 g/mol. The van der Waals surface area contributed by atoms with Gasteiger partial charge in [0.25, 0.3) is 0 Å². The number of benzene rings is 2. The molecule has 0 unspecified atom stereocenters. The van der Waals surface area contributed by atoms with E-state index < -0.39 is 5.82 Å². The van der Waals surface area contributed by atoms with E-state index in [2.05, 4.69) is 10.6 Å². The molecule has 0 aliphatic heterocycles. The molecule has 0 radical (unpaired) electrons. The quantitative estimate of drug-likeness (QED) is 0.720. The minimum atomic E-state index is -0.469. The van der Waals surface area contributed by atoms with Crippen molar-refractivity contribution in [1.82, 2.24) is 0 Å². The normalized spacial score (nSPS) is 10.4. The highest BCUT2D eigenvalue weighted by Crippen LogP contribution is 2.24. The Kier molecular flexibility index (Phi) is 6.25. The van der Waals surface area contributed by atoms with E-state index in [0.29, 0.717) is 29.4 Å². The molecule has 0 aromatic heterocycles. The fraction of sp³-hybridized carbons (Fsp3) is 0.235. The number of nitrogens with one attached hydrogen (secondary N) is 2. The molecule has 2 aromatic carbocycles. The highest BCUT2D eigenvalue weighted by Gasteiger charge is 2.06. The lowest BCUT2D eigenvalue weighted by atomic mass is 10.2. The average molecular weight is 355 g/mol. The molecule has 6 heteroatoms. The van der Waals surface area contributed by atoms with Crippen LogP contribution in [0.5, 0.6) is 0 Å². The van der Waals surface area contributed by atoms with Gasteiger partial charge in [0.15, 0.2) is 0 Å². The summed E-state index contributed by atoms with van der Waals surface area (Å²) in [6, 6.07) is 9.92. The maximum atomic E-state index is 13.4. The first kappa shape index (κ1) is 17.6. The number of rotatable bonds is 6. The second-order valence-corrected chi connectivity index (χ2v) is 5.91. The van der Waals surface area contributed by atoms with Gasteiger partial charge < -0.3 is 10.6 Å². The number of anilines is 2. The van der Waals surface area contributed by atoms with Crippen molar-refractivity contribution in [2.24, 2.45) is 0 Å². The molecular weight excluding hydrogens is 338 g/mol. The standard InChI is InChI=1S/C17H17Cl2FN2O/c1-2-3-17(23)22-16-7-4-11(8-14(16)19)10-21-12-5-6-13(18)15(20)9-12/h4-9,21H,2-3,10H2,1H3,(H,22,23). The van der Waals surface area contributed by atoms with Crippen molar-refractivity contribution in [3.05, 3.63) is 57.8 Å². The van der Waals surface area contributed by atoms with E-state index in [0.717, 1.165) is 12.0 Å². The SMILES string of the molecule is CCCC(=O)Nc1ccc(CNc2ccc(Cl)c(F)c2)cc1Cl. The summed E-state index contributed by atoms with van der Waals surface area (Å²) in [7, 11) is 0. The molecule has 2 N–H and O–H groups in total. The third-order valence-electron chi connectivity index (χ3n) is 3.20. The molecule has 0 heterocycles. The van der Waals surface area contributed by atoms with Crippen LogP contribution in [0, 0.1) is 5.82 Å². The van der Waals surface area contributed by atoms with E-state index in [1.807, 2.05) is 13.0 Å². The molecule has 2 aromatic rings. The van der Waals surface area contributed by atoms with E-state index in [4.69, 9.17) is 23.2 Å². The number of amides is 1. The summed E-state index contributed by atoms with van der Waals surface area (Å²) in [5.74, 6) is -0.527. The molecule has 0 fully saturated rings. The summed E-state index contributed by atoms with van der Waals surface area (Å²) in [5.41, 5.74) is 2.13. The molecule has 0 spiro atoms. The Morgan fingerprint density at radius 1 is 1.13 bits per heavy atom. The molecule has 1 amide bonds. The molecule has 23 heavy (non-hydrogen) atoms. The number of halogens is 3. The maximum Gasteiger partial charge on any atom is 0.224 e. The van der Waals surface area contributed by atoms with Crippen LogP contribution in [0.25, 0.3) is 0 Å². The number of carbonyl (C=O) groups is 1. The fourth-order valence-electron chi connectivity index (χ4n) is 2.02. The second kappa shape index (κ2) is 8.18. The summed E-state index contributed by atoms with van der Waals surface area (Å²) >= 11 is 11.8. The Morgan fingerprint density at radius 3 is 2.57 bits per heavy atom. The van der Waals surface area contributed by atoms with Crippen molar-refractivity contribution >= 4 is 40.5 Å². The zero-order chi connectivity index (χ0) is 16.8. The van der Waals surface area contributed by atoms with E-state index in [-0.39, 0.29) is 10.9 Å². The Bertz CT molecular complexity index is 707. The van der Waals surface area contributed by atoms with Gasteiger partial charge in [-0.15, -0.1) is 0 Å². The van der Waals surface area contributed by atoms with Gasteiger partial charge in [-0.05, 0) is 42.3 Å². The molecule has 0 saturated heterocycles. The molecule has 0 saturated carbocycles. The number of hydrogen-bond donors (Lipinski definition) is 2. The predicted octanol–water partition coefficient (Wildman–Crippen LogP) is 5.48. The van der Waals surface area contributed by atoms with Crippen molar-refractivity contribution < 1.29 is 9.18 Å². The topological polar surface area (TPSA) is 41.1 Å². The lowest BCUT2D eigenvalue weighted by Gasteiger charge is -2.10. The maximum absolute atomic E-state index is 13.4. The third-order valence-corrected chi connectivity index (χ3v) is 3.82. The summed E-state index contributed by atoms with van der Waals surface area (Å²) in [6.45, 7) is 2.42. The lowest BCUT2D eigenvalue weighted by molar-refractivity contribution is -0.116. The number of hydrogen-bond acceptors (Lipinski definition) is 2. The molecule has 2 rings (SSSR count). The third kappa shape index (κ3) is 5.12.